The fourth-order valence-electron chi connectivity index (χ4n) is 1.54. The van der Waals surface area contributed by atoms with Crippen LogP contribution in [0.3, 0.4) is 0 Å². The molecule has 0 radical (unpaired) electrons. The number of carboxylic acid groups (broad SMARTS) is 1. The SMILES string of the molecule is CCCCCCCCCOC(=O)C=CCC(=O)O. The number of unbranched alkanes of at least 4 members (excludes halogenated alkanes) is 6. The maximum Gasteiger partial charge on any atom is 0.330 e. The van der Waals surface area contributed by atoms with Gasteiger partial charge in [-0.1, -0.05) is 51.5 Å². The molecule has 18 heavy (non-hydrogen) atoms. The molecule has 4 heteroatoms. The van der Waals surface area contributed by atoms with Crippen molar-refractivity contribution in [2.75, 3.05) is 6.61 Å². The fraction of sp³-hybridized carbons (Fsp3) is 0.714. The van der Waals surface area contributed by atoms with E-state index < -0.39 is 11.9 Å². The van der Waals surface area contributed by atoms with E-state index in [9.17, 15) is 9.59 Å². The Morgan fingerprint density at radius 2 is 1.67 bits per heavy atom. The Hall–Kier alpha value is -1.32. The Kier molecular flexibility index (Phi) is 11.3. The van der Waals surface area contributed by atoms with Crippen LogP contribution in [0.4, 0.5) is 0 Å². The van der Waals surface area contributed by atoms with Crippen LogP contribution in [0.25, 0.3) is 0 Å². The largest absolute Gasteiger partial charge is 0.481 e. The molecule has 0 rings (SSSR count). The van der Waals surface area contributed by atoms with Crippen LogP contribution in [-0.4, -0.2) is 23.7 Å². The molecule has 0 aromatic heterocycles. The number of carbonyl (C=O) groups is 2. The first-order chi connectivity index (χ1) is 8.66. The summed E-state index contributed by atoms with van der Waals surface area (Å²) in [6, 6.07) is 0. The van der Waals surface area contributed by atoms with Crippen LogP contribution in [0.15, 0.2) is 12.2 Å². The zero-order valence-electron chi connectivity index (χ0n) is 11.2. The van der Waals surface area contributed by atoms with E-state index in [0.29, 0.717) is 6.61 Å². The van der Waals surface area contributed by atoms with Crippen molar-refractivity contribution in [3.05, 3.63) is 12.2 Å². The molecular formula is C14H24O4. The van der Waals surface area contributed by atoms with Crippen molar-refractivity contribution >= 4 is 11.9 Å². The number of hydrogen-bond acceptors (Lipinski definition) is 3. The number of rotatable bonds is 11. The van der Waals surface area contributed by atoms with E-state index in [4.69, 9.17) is 9.84 Å². The molecule has 0 aromatic carbocycles. The Balaban J connectivity index is 3.30. The van der Waals surface area contributed by atoms with Gasteiger partial charge in [-0.15, -0.1) is 0 Å². The second-order valence-electron chi connectivity index (χ2n) is 4.29. The van der Waals surface area contributed by atoms with E-state index in [1.807, 2.05) is 0 Å². The Bertz CT molecular complexity index is 259. The lowest BCUT2D eigenvalue weighted by atomic mass is 10.1. The van der Waals surface area contributed by atoms with E-state index >= 15 is 0 Å². The average molecular weight is 256 g/mol. The third-order valence-corrected chi connectivity index (χ3v) is 2.54. The number of esters is 1. The van der Waals surface area contributed by atoms with Crippen molar-refractivity contribution in [1.82, 2.24) is 0 Å². The molecule has 104 valence electrons. The lowest BCUT2D eigenvalue weighted by molar-refractivity contribution is -0.137. The summed E-state index contributed by atoms with van der Waals surface area (Å²) in [7, 11) is 0. The summed E-state index contributed by atoms with van der Waals surface area (Å²) in [5.74, 6) is -1.41. The quantitative estimate of drug-likeness (QED) is 0.350. The summed E-state index contributed by atoms with van der Waals surface area (Å²) in [6.07, 6.45) is 10.6. The third kappa shape index (κ3) is 12.7. The van der Waals surface area contributed by atoms with Crippen LogP contribution < -0.4 is 0 Å². The first-order valence-electron chi connectivity index (χ1n) is 6.72. The summed E-state index contributed by atoms with van der Waals surface area (Å²) < 4.78 is 4.93. The van der Waals surface area contributed by atoms with Gasteiger partial charge in [-0.25, -0.2) is 4.79 Å². The van der Waals surface area contributed by atoms with Gasteiger partial charge < -0.3 is 9.84 Å². The molecule has 0 aliphatic rings. The topological polar surface area (TPSA) is 63.6 Å². The highest BCUT2D eigenvalue weighted by atomic mass is 16.5. The number of hydrogen-bond donors (Lipinski definition) is 1. The summed E-state index contributed by atoms with van der Waals surface area (Å²) >= 11 is 0. The monoisotopic (exact) mass is 256 g/mol. The first kappa shape index (κ1) is 16.7. The van der Waals surface area contributed by atoms with Gasteiger partial charge >= 0.3 is 11.9 Å². The Morgan fingerprint density at radius 3 is 2.28 bits per heavy atom. The van der Waals surface area contributed by atoms with Gasteiger partial charge in [-0.3, -0.25) is 4.79 Å². The Labute approximate surface area is 109 Å². The van der Waals surface area contributed by atoms with Crippen LogP contribution in [0.2, 0.25) is 0 Å². The molecule has 0 aliphatic heterocycles. The van der Waals surface area contributed by atoms with E-state index in [1.165, 1.54) is 44.3 Å². The fourth-order valence-corrected chi connectivity index (χ4v) is 1.54. The summed E-state index contributed by atoms with van der Waals surface area (Å²) in [5.41, 5.74) is 0. The number of carbonyl (C=O) groups excluding carboxylic acids is 1. The molecule has 0 aliphatic carbocycles. The summed E-state index contributed by atoms with van der Waals surface area (Å²) in [4.78, 5) is 21.3. The van der Waals surface area contributed by atoms with Crippen LogP contribution in [0.1, 0.15) is 58.3 Å². The van der Waals surface area contributed by atoms with Crippen molar-refractivity contribution in [3.63, 3.8) is 0 Å². The maximum atomic E-state index is 11.1. The zero-order valence-corrected chi connectivity index (χ0v) is 11.2. The van der Waals surface area contributed by atoms with Gasteiger partial charge in [0.25, 0.3) is 0 Å². The van der Waals surface area contributed by atoms with Crippen molar-refractivity contribution in [2.24, 2.45) is 0 Å². The van der Waals surface area contributed by atoms with E-state index in [-0.39, 0.29) is 6.42 Å². The normalized spacial score (nSPS) is 10.7. The van der Waals surface area contributed by atoms with Crippen LogP contribution in [0, 0.1) is 0 Å². The highest BCUT2D eigenvalue weighted by molar-refractivity contribution is 5.82. The molecule has 0 atom stereocenters. The van der Waals surface area contributed by atoms with Crippen LogP contribution in [-0.2, 0) is 14.3 Å². The van der Waals surface area contributed by atoms with Crippen molar-refractivity contribution in [3.8, 4) is 0 Å². The average Bonchev–Trinajstić information content (AvgIpc) is 2.32. The standard InChI is InChI=1S/C14H24O4/c1-2-3-4-5-6-7-8-12-18-14(17)11-9-10-13(15)16/h9,11H,2-8,10,12H2,1H3,(H,15,16). The molecule has 0 heterocycles. The lowest BCUT2D eigenvalue weighted by Gasteiger charge is -2.02. The van der Waals surface area contributed by atoms with E-state index in [0.717, 1.165) is 12.8 Å². The van der Waals surface area contributed by atoms with E-state index in [1.54, 1.807) is 0 Å². The van der Waals surface area contributed by atoms with Gasteiger partial charge in [-0.05, 0) is 6.42 Å². The van der Waals surface area contributed by atoms with Gasteiger partial charge in [0.05, 0.1) is 13.0 Å². The second kappa shape index (κ2) is 12.1. The molecule has 4 nitrogen and oxygen atoms in total. The first-order valence-corrected chi connectivity index (χ1v) is 6.72. The highest BCUT2D eigenvalue weighted by Gasteiger charge is 1.98. The number of aliphatic carboxylic acids is 1. The molecule has 0 amide bonds. The van der Waals surface area contributed by atoms with Gasteiger partial charge in [0.2, 0.25) is 0 Å². The zero-order chi connectivity index (χ0) is 13.6. The summed E-state index contributed by atoms with van der Waals surface area (Å²) in [6.45, 7) is 2.61. The van der Waals surface area contributed by atoms with Gasteiger partial charge in [-0.2, -0.15) is 0 Å². The minimum Gasteiger partial charge on any atom is -0.481 e. The van der Waals surface area contributed by atoms with Gasteiger partial charge in [0.15, 0.2) is 0 Å². The minimum absolute atomic E-state index is 0.146. The van der Waals surface area contributed by atoms with Crippen molar-refractivity contribution in [1.29, 1.82) is 0 Å². The predicted octanol–water partition coefficient (Wildman–Crippen LogP) is 3.31. The molecule has 0 aromatic rings. The molecule has 0 fully saturated rings. The number of carboxylic acids is 1. The van der Waals surface area contributed by atoms with Crippen LogP contribution >= 0.6 is 0 Å². The molecular weight excluding hydrogens is 232 g/mol. The lowest BCUT2D eigenvalue weighted by Crippen LogP contribution is -2.02. The molecule has 0 saturated heterocycles. The molecule has 0 saturated carbocycles. The summed E-state index contributed by atoms with van der Waals surface area (Å²) in [5, 5.41) is 8.36. The maximum absolute atomic E-state index is 11.1. The third-order valence-electron chi connectivity index (χ3n) is 2.54. The second-order valence-corrected chi connectivity index (χ2v) is 4.29. The number of ether oxygens (including phenoxy) is 1. The molecule has 0 bridgehead atoms. The minimum atomic E-state index is -0.953. The predicted molar refractivity (Wildman–Crippen MR) is 70.3 cm³/mol. The van der Waals surface area contributed by atoms with Gasteiger partial charge in [0, 0.05) is 6.08 Å². The van der Waals surface area contributed by atoms with Crippen molar-refractivity contribution in [2.45, 2.75) is 58.3 Å². The van der Waals surface area contributed by atoms with E-state index in [2.05, 4.69) is 6.92 Å². The highest BCUT2D eigenvalue weighted by Crippen LogP contribution is 2.06. The molecule has 0 unspecified atom stereocenters. The van der Waals surface area contributed by atoms with Crippen LogP contribution in [0.5, 0.6) is 0 Å². The molecule has 1 N–H and O–H groups in total. The molecule has 0 spiro atoms. The smallest absolute Gasteiger partial charge is 0.330 e. The van der Waals surface area contributed by atoms with Gasteiger partial charge in [0.1, 0.15) is 0 Å². The Morgan fingerprint density at radius 1 is 1.06 bits per heavy atom. The van der Waals surface area contributed by atoms with Crippen molar-refractivity contribution < 1.29 is 19.4 Å².